The molecule has 1 heterocycles. The number of nitrogens with zero attached hydrogens (tertiary/aromatic N) is 2. The number of nitrogens with two attached hydrogens (primary N) is 1. The van der Waals surface area contributed by atoms with E-state index in [0.717, 1.165) is 42.4 Å². The van der Waals surface area contributed by atoms with Crippen LogP contribution in [0.1, 0.15) is 25.7 Å². The summed E-state index contributed by atoms with van der Waals surface area (Å²) in [7, 11) is 1.80. The van der Waals surface area contributed by atoms with Gasteiger partial charge >= 0.3 is 0 Å². The average Bonchev–Trinajstić information content (AvgIpc) is 2.76. The molecule has 2 aliphatic rings. The van der Waals surface area contributed by atoms with Crippen LogP contribution in [0.4, 0.5) is 5.69 Å². The minimum absolute atomic E-state index is 0.0209. The second-order valence-electron chi connectivity index (χ2n) is 5.64. The first-order chi connectivity index (χ1) is 9.66. The highest BCUT2D eigenvalue weighted by Gasteiger charge is 2.46. The van der Waals surface area contributed by atoms with E-state index in [0.29, 0.717) is 12.1 Å². The lowest BCUT2D eigenvalue weighted by molar-refractivity contribution is 0.0459. The summed E-state index contributed by atoms with van der Waals surface area (Å²) < 4.78 is 6.65. The molecular formula is C15H20BrN3O. The lowest BCUT2D eigenvalue weighted by Crippen LogP contribution is -2.55. The Morgan fingerprint density at radius 3 is 3.00 bits per heavy atom. The zero-order valence-corrected chi connectivity index (χ0v) is 13.3. The van der Waals surface area contributed by atoms with Crippen LogP contribution >= 0.6 is 15.9 Å². The second-order valence-corrected chi connectivity index (χ2v) is 6.49. The highest BCUT2D eigenvalue weighted by Crippen LogP contribution is 2.42. The number of anilines is 1. The normalized spacial score (nSPS) is 29.8. The van der Waals surface area contributed by atoms with Crippen molar-refractivity contribution in [2.24, 2.45) is 10.7 Å². The van der Waals surface area contributed by atoms with Gasteiger partial charge < -0.3 is 15.4 Å². The lowest BCUT2D eigenvalue weighted by Gasteiger charge is -2.44. The zero-order valence-electron chi connectivity index (χ0n) is 11.7. The Hall–Kier alpha value is -1.07. The fraction of sp³-hybridized carbons (Fsp3) is 0.533. The molecule has 5 heteroatoms. The predicted octanol–water partition coefficient (Wildman–Crippen LogP) is 2.91. The number of hydrogen-bond acceptors (Lipinski definition) is 4. The monoisotopic (exact) mass is 337 g/mol. The quantitative estimate of drug-likeness (QED) is 0.902. The van der Waals surface area contributed by atoms with Crippen LogP contribution in [0.5, 0.6) is 0 Å². The molecule has 0 amide bonds. The molecule has 0 saturated heterocycles. The largest absolute Gasteiger partial charge is 0.381 e. The Morgan fingerprint density at radius 1 is 1.45 bits per heavy atom. The van der Waals surface area contributed by atoms with Crippen LogP contribution in [-0.4, -0.2) is 31.3 Å². The fourth-order valence-electron chi connectivity index (χ4n) is 3.46. The van der Waals surface area contributed by atoms with Gasteiger partial charge in [-0.3, -0.25) is 4.99 Å². The maximum absolute atomic E-state index is 6.19. The van der Waals surface area contributed by atoms with E-state index in [1.165, 1.54) is 0 Å². The van der Waals surface area contributed by atoms with Gasteiger partial charge in [0.1, 0.15) is 0 Å². The Morgan fingerprint density at radius 2 is 2.25 bits per heavy atom. The van der Waals surface area contributed by atoms with E-state index in [2.05, 4.69) is 31.9 Å². The van der Waals surface area contributed by atoms with Crippen molar-refractivity contribution in [2.75, 3.05) is 18.6 Å². The van der Waals surface area contributed by atoms with Crippen molar-refractivity contribution in [2.45, 2.75) is 37.3 Å². The predicted molar refractivity (Wildman–Crippen MR) is 85.1 cm³/mol. The van der Waals surface area contributed by atoms with Crippen molar-refractivity contribution >= 4 is 27.6 Å². The molecule has 1 fully saturated rings. The van der Waals surface area contributed by atoms with E-state index in [9.17, 15) is 0 Å². The van der Waals surface area contributed by atoms with Gasteiger partial charge in [0.2, 0.25) is 0 Å². The van der Waals surface area contributed by atoms with Crippen LogP contribution < -0.4 is 10.6 Å². The molecule has 1 spiro atoms. The molecule has 1 aromatic carbocycles. The van der Waals surface area contributed by atoms with Crippen LogP contribution in [0.3, 0.4) is 0 Å². The molecule has 1 aliphatic carbocycles. The van der Waals surface area contributed by atoms with Crippen LogP contribution in [0.15, 0.2) is 33.7 Å². The van der Waals surface area contributed by atoms with Crippen molar-refractivity contribution < 1.29 is 4.74 Å². The Balaban J connectivity index is 1.98. The van der Waals surface area contributed by atoms with Gasteiger partial charge in [0.25, 0.3) is 0 Å². The van der Waals surface area contributed by atoms with Gasteiger partial charge in [-0.25, -0.2) is 0 Å². The summed E-state index contributed by atoms with van der Waals surface area (Å²) in [6.45, 7) is 0.764. The van der Waals surface area contributed by atoms with Gasteiger partial charge in [-0.2, -0.15) is 0 Å². The number of benzene rings is 1. The third kappa shape index (κ3) is 2.23. The minimum atomic E-state index is -0.0209. The second kappa shape index (κ2) is 5.37. The highest BCUT2D eigenvalue weighted by atomic mass is 79.9. The molecule has 2 atom stereocenters. The van der Waals surface area contributed by atoms with E-state index in [-0.39, 0.29) is 5.54 Å². The van der Waals surface area contributed by atoms with E-state index >= 15 is 0 Å². The number of para-hydroxylation sites is 1. The number of ether oxygens (including phenoxy) is 1. The van der Waals surface area contributed by atoms with Crippen LogP contribution in [0.25, 0.3) is 0 Å². The Bertz CT molecular complexity index is 534. The Labute approximate surface area is 128 Å². The van der Waals surface area contributed by atoms with Crippen molar-refractivity contribution in [3.05, 3.63) is 28.7 Å². The summed E-state index contributed by atoms with van der Waals surface area (Å²) in [5.41, 5.74) is 7.27. The first-order valence-electron chi connectivity index (χ1n) is 7.04. The number of guanidine groups is 1. The lowest BCUT2D eigenvalue weighted by atomic mass is 9.79. The molecule has 1 saturated carbocycles. The first-order valence-corrected chi connectivity index (χ1v) is 7.83. The van der Waals surface area contributed by atoms with Gasteiger partial charge in [-0.1, -0.05) is 12.1 Å². The molecule has 0 bridgehead atoms. The fourth-order valence-corrected chi connectivity index (χ4v) is 3.92. The van der Waals surface area contributed by atoms with Gasteiger partial charge in [-0.05, 0) is 53.7 Å². The number of aliphatic imine (C=N–C) groups is 1. The number of methoxy groups -OCH3 is 1. The van der Waals surface area contributed by atoms with Crippen molar-refractivity contribution in [1.29, 1.82) is 0 Å². The molecule has 20 heavy (non-hydrogen) atoms. The van der Waals surface area contributed by atoms with E-state index < -0.39 is 0 Å². The van der Waals surface area contributed by atoms with Crippen molar-refractivity contribution in [1.82, 2.24) is 0 Å². The van der Waals surface area contributed by atoms with Crippen LogP contribution in [0.2, 0.25) is 0 Å². The maximum atomic E-state index is 6.19. The molecule has 0 aromatic heterocycles. The Kier molecular flexibility index (Phi) is 3.73. The third-order valence-corrected chi connectivity index (χ3v) is 5.11. The summed E-state index contributed by atoms with van der Waals surface area (Å²) in [6.07, 6.45) is 4.67. The molecule has 108 valence electrons. The van der Waals surface area contributed by atoms with Crippen molar-refractivity contribution in [3.63, 3.8) is 0 Å². The molecule has 0 radical (unpaired) electrons. The number of hydrogen-bond donors (Lipinski definition) is 1. The van der Waals surface area contributed by atoms with Gasteiger partial charge in [0.05, 0.1) is 23.9 Å². The molecule has 1 aliphatic heterocycles. The summed E-state index contributed by atoms with van der Waals surface area (Å²) in [5, 5.41) is 0. The minimum Gasteiger partial charge on any atom is -0.381 e. The number of halogens is 1. The highest BCUT2D eigenvalue weighted by molar-refractivity contribution is 9.10. The molecule has 4 nitrogen and oxygen atoms in total. The van der Waals surface area contributed by atoms with Gasteiger partial charge in [0.15, 0.2) is 5.96 Å². The summed E-state index contributed by atoms with van der Waals surface area (Å²) in [5.74, 6) is 0.619. The van der Waals surface area contributed by atoms with E-state index in [4.69, 9.17) is 10.5 Å². The van der Waals surface area contributed by atoms with Crippen LogP contribution in [-0.2, 0) is 4.74 Å². The molecule has 2 unspecified atom stereocenters. The van der Waals surface area contributed by atoms with Crippen molar-refractivity contribution in [3.8, 4) is 0 Å². The third-order valence-electron chi connectivity index (χ3n) is 4.44. The van der Waals surface area contributed by atoms with E-state index in [1.807, 2.05) is 18.2 Å². The standard InChI is InChI=1S/C15H20BrN3O/c1-20-11-5-4-8-15(9-11)10-18-14(17)19(15)13-7-3-2-6-12(13)16/h2-3,6-7,11H,4-5,8-10H2,1H3,(H2,17,18). The number of rotatable bonds is 2. The summed E-state index contributed by atoms with van der Waals surface area (Å²) in [4.78, 5) is 6.74. The zero-order chi connectivity index (χ0) is 14.2. The van der Waals surface area contributed by atoms with Crippen LogP contribution in [0, 0.1) is 0 Å². The smallest absolute Gasteiger partial charge is 0.196 e. The maximum Gasteiger partial charge on any atom is 0.196 e. The topological polar surface area (TPSA) is 50.9 Å². The first kappa shape index (κ1) is 13.9. The van der Waals surface area contributed by atoms with E-state index in [1.54, 1.807) is 7.11 Å². The molecule has 3 rings (SSSR count). The molecule has 2 N–H and O–H groups in total. The average molecular weight is 338 g/mol. The molecular weight excluding hydrogens is 318 g/mol. The molecule has 1 aromatic rings. The van der Waals surface area contributed by atoms with Gasteiger partial charge in [-0.15, -0.1) is 0 Å². The SMILES string of the molecule is COC1CCCC2(CN=C(N)N2c2ccccc2Br)C1. The summed E-state index contributed by atoms with van der Waals surface area (Å²) in [6, 6.07) is 8.19. The summed E-state index contributed by atoms with van der Waals surface area (Å²) >= 11 is 3.63. The van der Waals surface area contributed by atoms with Gasteiger partial charge in [0, 0.05) is 11.6 Å².